The van der Waals surface area contributed by atoms with Crippen molar-refractivity contribution in [1.82, 2.24) is 10.3 Å². The highest BCUT2D eigenvalue weighted by molar-refractivity contribution is 5.99. The Bertz CT molecular complexity index is 1010. The monoisotopic (exact) mass is 339 g/mol. The summed E-state index contributed by atoms with van der Waals surface area (Å²) < 4.78 is 0. The Labute approximate surface area is 142 Å². The number of rotatable bonds is 4. The maximum absolute atomic E-state index is 12.3. The van der Waals surface area contributed by atoms with Crippen molar-refractivity contribution in [2.24, 2.45) is 0 Å². The average molecular weight is 339 g/mol. The van der Waals surface area contributed by atoms with Gasteiger partial charge in [-0.2, -0.15) is 0 Å². The highest BCUT2D eigenvalue weighted by Crippen LogP contribution is 2.24. The number of nitrogen functional groups attached to an aromatic ring is 1. The highest BCUT2D eigenvalue weighted by atomic mass is 16.3. The predicted octanol–water partition coefficient (Wildman–Crippen LogP) is 1.49. The molecule has 7 heteroatoms. The highest BCUT2D eigenvalue weighted by Gasteiger charge is 2.12. The number of hydrogen-bond acceptors (Lipinski definition) is 5. The van der Waals surface area contributed by atoms with E-state index in [2.05, 4.69) is 10.3 Å². The van der Waals surface area contributed by atoms with Crippen LogP contribution in [0.1, 0.15) is 15.9 Å². The van der Waals surface area contributed by atoms with Crippen LogP contribution in [0.5, 0.6) is 11.5 Å². The van der Waals surface area contributed by atoms with Crippen molar-refractivity contribution in [3.05, 3.63) is 63.9 Å². The maximum atomic E-state index is 12.3. The van der Waals surface area contributed by atoms with Gasteiger partial charge in [0, 0.05) is 17.6 Å². The fraction of sp³-hybridized carbons (Fsp3) is 0.111. The lowest BCUT2D eigenvalue weighted by Gasteiger charge is -2.08. The van der Waals surface area contributed by atoms with Crippen LogP contribution in [0.2, 0.25) is 0 Å². The molecule has 1 heterocycles. The summed E-state index contributed by atoms with van der Waals surface area (Å²) in [7, 11) is 0. The van der Waals surface area contributed by atoms with Gasteiger partial charge in [-0.05, 0) is 42.3 Å². The molecule has 0 spiro atoms. The molecular weight excluding hydrogens is 322 g/mol. The van der Waals surface area contributed by atoms with Crippen molar-refractivity contribution >= 4 is 22.5 Å². The molecule has 0 aliphatic rings. The van der Waals surface area contributed by atoms with Crippen LogP contribution in [0.15, 0.2) is 47.3 Å². The second-order valence-electron chi connectivity index (χ2n) is 5.65. The van der Waals surface area contributed by atoms with Crippen LogP contribution in [0.25, 0.3) is 10.9 Å². The number of aromatic nitrogens is 1. The van der Waals surface area contributed by atoms with E-state index in [0.717, 1.165) is 5.56 Å². The number of amides is 1. The van der Waals surface area contributed by atoms with Crippen LogP contribution in [0, 0.1) is 0 Å². The summed E-state index contributed by atoms with van der Waals surface area (Å²) in [5.41, 5.74) is 7.16. The van der Waals surface area contributed by atoms with Gasteiger partial charge in [0.15, 0.2) is 11.5 Å². The summed E-state index contributed by atoms with van der Waals surface area (Å²) in [6.45, 7) is 0.269. The lowest BCUT2D eigenvalue weighted by atomic mass is 10.1. The number of H-pyrrole nitrogens is 1. The number of carbonyl (C=O) groups is 1. The van der Waals surface area contributed by atoms with Gasteiger partial charge in [-0.3, -0.25) is 9.59 Å². The predicted molar refractivity (Wildman–Crippen MR) is 94.8 cm³/mol. The lowest BCUT2D eigenvalue weighted by Crippen LogP contribution is -2.31. The third kappa shape index (κ3) is 3.40. The van der Waals surface area contributed by atoms with Gasteiger partial charge >= 0.3 is 0 Å². The number of nitrogens with two attached hydrogens (primary N) is 1. The van der Waals surface area contributed by atoms with Gasteiger partial charge in [-0.15, -0.1) is 0 Å². The van der Waals surface area contributed by atoms with Gasteiger partial charge in [0.1, 0.15) is 5.56 Å². The number of hydrogen-bond donors (Lipinski definition) is 5. The third-order valence-corrected chi connectivity index (χ3v) is 3.91. The number of phenolic OH excluding ortho intramolecular Hbond substituents is 2. The molecule has 1 aromatic heterocycles. The van der Waals surface area contributed by atoms with Gasteiger partial charge < -0.3 is 26.2 Å². The van der Waals surface area contributed by atoms with Gasteiger partial charge in [-0.25, -0.2) is 0 Å². The van der Waals surface area contributed by atoms with E-state index in [0.29, 0.717) is 23.0 Å². The van der Waals surface area contributed by atoms with Crippen molar-refractivity contribution in [3.8, 4) is 11.5 Å². The zero-order valence-corrected chi connectivity index (χ0v) is 13.2. The average Bonchev–Trinajstić information content (AvgIpc) is 2.57. The number of benzene rings is 2. The summed E-state index contributed by atoms with van der Waals surface area (Å²) >= 11 is 0. The number of phenols is 2. The minimum atomic E-state index is -0.505. The van der Waals surface area contributed by atoms with Crippen molar-refractivity contribution in [2.45, 2.75) is 6.42 Å². The van der Waals surface area contributed by atoms with Gasteiger partial charge in [0.05, 0.1) is 5.52 Å². The first-order chi connectivity index (χ1) is 12.0. The minimum absolute atomic E-state index is 0.0149. The molecule has 0 bridgehead atoms. The number of fused-ring (bicyclic) bond motifs is 1. The second-order valence-corrected chi connectivity index (χ2v) is 5.65. The molecule has 6 N–H and O–H groups in total. The Hall–Kier alpha value is -3.48. The van der Waals surface area contributed by atoms with E-state index in [1.54, 1.807) is 24.3 Å². The van der Waals surface area contributed by atoms with E-state index in [-0.39, 0.29) is 23.6 Å². The van der Waals surface area contributed by atoms with E-state index in [9.17, 15) is 19.8 Å². The standard InChI is InChI=1S/C18H17N3O4/c19-13-2-1-3-14-11(13)9-12(18(25)21-14)17(24)20-7-6-10-4-5-15(22)16(23)8-10/h1-5,8-9,22-23H,6-7,19H2,(H,20,24)(H,21,25). The number of aromatic amines is 1. The Morgan fingerprint density at radius 1 is 1.12 bits per heavy atom. The number of nitrogens with one attached hydrogen (secondary N) is 2. The van der Waals surface area contributed by atoms with Crippen molar-refractivity contribution in [3.63, 3.8) is 0 Å². The lowest BCUT2D eigenvalue weighted by molar-refractivity contribution is 0.0953. The first kappa shape index (κ1) is 16.4. The maximum Gasteiger partial charge on any atom is 0.261 e. The molecule has 0 saturated carbocycles. The van der Waals surface area contributed by atoms with E-state index in [1.807, 2.05) is 0 Å². The molecule has 3 aromatic rings. The van der Waals surface area contributed by atoms with Gasteiger partial charge in [0.2, 0.25) is 0 Å². The molecule has 7 nitrogen and oxygen atoms in total. The Balaban J connectivity index is 1.74. The summed E-state index contributed by atoms with van der Waals surface area (Å²) in [6.07, 6.45) is 0.438. The molecule has 25 heavy (non-hydrogen) atoms. The summed E-state index contributed by atoms with van der Waals surface area (Å²) in [6, 6.07) is 11.1. The topological polar surface area (TPSA) is 128 Å². The van der Waals surface area contributed by atoms with Crippen LogP contribution < -0.4 is 16.6 Å². The molecule has 128 valence electrons. The molecule has 0 atom stereocenters. The van der Waals surface area contributed by atoms with Gasteiger partial charge in [-0.1, -0.05) is 12.1 Å². The van der Waals surface area contributed by atoms with E-state index in [4.69, 9.17) is 5.73 Å². The van der Waals surface area contributed by atoms with Gasteiger partial charge in [0.25, 0.3) is 11.5 Å². The molecule has 0 radical (unpaired) electrons. The first-order valence-electron chi connectivity index (χ1n) is 7.66. The summed E-state index contributed by atoms with van der Waals surface area (Å²) in [5, 5.41) is 22.0. The Morgan fingerprint density at radius 2 is 1.92 bits per heavy atom. The van der Waals surface area contributed by atoms with Crippen molar-refractivity contribution < 1.29 is 15.0 Å². The van der Waals surface area contributed by atoms with E-state index < -0.39 is 11.5 Å². The molecule has 2 aromatic carbocycles. The zero-order valence-electron chi connectivity index (χ0n) is 13.2. The zero-order chi connectivity index (χ0) is 18.0. The molecular formula is C18H17N3O4. The normalized spacial score (nSPS) is 10.7. The van der Waals surface area contributed by atoms with Crippen molar-refractivity contribution in [1.29, 1.82) is 0 Å². The van der Waals surface area contributed by atoms with E-state index >= 15 is 0 Å². The molecule has 0 saturated heterocycles. The molecule has 3 rings (SSSR count). The number of pyridine rings is 1. The summed E-state index contributed by atoms with van der Waals surface area (Å²) in [4.78, 5) is 27.0. The number of aromatic hydroxyl groups is 2. The fourth-order valence-electron chi connectivity index (χ4n) is 2.56. The quantitative estimate of drug-likeness (QED) is 0.363. The van der Waals surface area contributed by atoms with Crippen LogP contribution in [-0.4, -0.2) is 27.6 Å². The SMILES string of the molecule is Nc1cccc2[nH]c(=O)c(C(=O)NCCc3ccc(O)c(O)c3)cc12. The largest absolute Gasteiger partial charge is 0.504 e. The smallest absolute Gasteiger partial charge is 0.261 e. The molecule has 0 aliphatic heterocycles. The van der Waals surface area contributed by atoms with Crippen LogP contribution in [-0.2, 0) is 6.42 Å². The van der Waals surface area contributed by atoms with Crippen molar-refractivity contribution in [2.75, 3.05) is 12.3 Å². The fourth-order valence-corrected chi connectivity index (χ4v) is 2.56. The Morgan fingerprint density at radius 3 is 2.68 bits per heavy atom. The molecule has 0 fully saturated rings. The van der Waals surface area contributed by atoms with Crippen LogP contribution in [0.3, 0.4) is 0 Å². The van der Waals surface area contributed by atoms with Crippen LogP contribution >= 0.6 is 0 Å². The minimum Gasteiger partial charge on any atom is -0.504 e. The third-order valence-electron chi connectivity index (χ3n) is 3.91. The van der Waals surface area contributed by atoms with Crippen LogP contribution in [0.4, 0.5) is 5.69 Å². The first-order valence-corrected chi connectivity index (χ1v) is 7.66. The molecule has 1 amide bonds. The number of anilines is 1. The second kappa shape index (κ2) is 6.56. The van der Waals surface area contributed by atoms with E-state index in [1.165, 1.54) is 18.2 Å². The Kier molecular flexibility index (Phi) is 4.30. The molecule has 0 aliphatic carbocycles. The summed E-state index contributed by atoms with van der Waals surface area (Å²) in [5.74, 6) is -0.923. The number of carbonyl (C=O) groups excluding carboxylic acids is 1. The molecule has 0 unspecified atom stereocenters.